The molecule has 4 heterocycles. The number of benzene rings is 1. The lowest BCUT2D eigenvalue weighted by Gasteiger charge is -2.59. The predicted molar refractivity (Wildman–Crippen MR) is 134 cm³/mol. The Kier molecular flexibility index (Phi) is 5.70. The van der Waals surface area contributed by atoms with Crippen molar-refractivity contribution < 1.29 is 17.6 Å². The summed E-state index contributed by atoms with van der Waals surface area (Å²) >= 11 is 6.38. The molecule has 200 valence electrons. The van der Waals surface area contributed by atoms with Gasteiger partial charge in [-0.3, -0.25) is 13.9 Å². The van der Waals surface area contributed by atoms with E-state index in [9.17, 15) is 17.6 Å². The number of aromatic nitrogens is 4. The number of alkyl halides is 3. The van der Waals surface area contributed by atoms with Crippen molar-refractivity contribution in [1.29, 1.82) is 0 Å². The highest BCUT2D eigenvalue weighted by Gasteiger charge is 2.54. The number of hydrogen-bond donors (Lipinski definition) is 0. The van der Waals surface area contributed by atoms with E-state index < -0.39 is 17.9 Å². The Bertz CT molecular complexity index is 1380. The fourth-order valence-electron chi connectivity index (χ4n) is 6.83. The standard InChI is InChI=1S/C27H27ClF4N6/c28-18-1-3-21-16(7-18)11-36(19-5-15(6-19)10-29)12-23-34-35-26(38(21)23)17-8-27(9-17)13-37(14-27)22-4-2-20(30)24(33-22)25(31)32/h1-4,7,15,17,19,25H,5-6,8-14H2. The smallest absolute Gasteiger partial charge is 0.283 e. The molecule has 38 heavy (non-hydrogen) atoms. The molecule has 4 aliphatic rings. The van der Waals surface area contributed by atoms with Crippen LogP contribution >= 0.6 is 11.6 Å². The van der Waals surface area contributed by atoms with Gasteiger partial charge in [0.15, 0.2) is 11.6 Å². The second-order valence-corrected chi connectivity index (χ2v) is 11.9. The van der Waals surface area contributed by atoms with Gasteiger partial charge in [0.25, 0.3) is 6.43 Å². The van der Waals surface area contributed by atoms with Crippen LogP contribution in [0.5, 0.6) is 0 Å². The molecule has 1 aromatic carbocycles. The first kappa shape index (κ1) is 24.3. The molecule has 0 bridgehead atoms. The highest BCUT2D eigenvalue weighted by Crippen LogP contribution is 2.56. The molecule has 2 aliphatic carbocycles. The van der Waals surface area contributed by atoms with E-state index in [1.54, 1.807) is 0 Å². The lowest BCUT2D eigenvalue weighted by Crippen LogP contribution is -2.62. The summed E-state index contributed by atoms with van der Waals surface area (Å²) in [4.78, 5) is 8.17. The molecule has 11 heteroatoms. The van der Waals surface area contributed by atoms with Crippen LogP contribution in [-0.2, 0) is 13.1 Å². The molecule has 1 saturated heterocycles. The predicted octanol–water partition coefficient (Wildman–Crippen LogP) is 5.84. The fraction of sp³-hybridized carbons (Fsp3) is 0.519. The maximum Gasteiger partial charge on any atom is 0.283 e. The summed E-state index contributed by atoms with van der Waals surface area (Å²) in [5.41, 5.74) is 1.43. The Hall–Kier alpha value is -2.72. The third kappa shape index (κ3) is 3.90. The molecule has 2 aromatic heterocycles. The Morgan fingerprint density at radius 1 is 1.05 bits per heavy atom. The number of fused-ring (bicyclic) bond motifs is 3. The number of pyridine rings is 1. The van der Waals surface area contributed by atoms with Crippen LogP contribution in [0.25, 0.3) is 5.69 Å². The van der Waals surface area contributed by atoms with Gasteiger partial charge in [0.1, 0.15) is 17.3 Å². The second-order valence-electron chi connectivity index (χ2n) is 11.4. The van der Waals surface area contributed by atoms with Gasteiger partial charge in [-0.2, -0.15) is 0 Å². The van der Waals surface area contributed by atoms with Crippen molar-refractivity contribution in [2.75, 3.05) is 24.7 Å². The molecule has 0 amide bonds. The zero-order valence-electron chi connectivity index (χ0n) is 20.6. The molecule has 6 nitrogen and oxygen atoms in total. The van der Waals surface area contributed by atoms with Crippen LogP contribution in [0.1, 0.15) is 60.9 Å². The minimum Gasteiger partial charge on any atom is -0.355 e. The first-order valence-corrected chi connectivity index (χ1v) is 13.4. The molecular formula is C27H27ClF4N6. The second kappa shape index (κ2) is 8.91. The summed E-state index contributed by atoms with van der Waals surface area (Å²) in [5.74, 6) is 1.61. The van der Waals surface area contributed by atoms with Crippen molar-refractivity contribution in [1.82, 2.24) is 24.6 Å². The highest BCUT2D eigenvalue weighted by molar-refractivity contribution is 6.30. The Labute approximate surface area is 222 Å². The molecule has 3 fully saturated rings. The average Bonchev–Trinajstić information content (AvgIpc) is 3.13. The Morgan fingerprint density at radius 3 is 2.58 bits per heavy atom. The van der Waals surface area contributed by atoms with Crippen molar-refractivity contribution in [3.63, 3.8) is 0 Å². The summed E-state index contributed by atoms with van der Waals surface area (Å²) in [6, 6.07) is 8.79. The molecule has 0 radical (unpaired) electrons. The number of halogens is 5. The van der Waals surface area contributed by atoms with Crippen molar-refractivity contribution in [3.05, 3.63) is 64.1 Å². The van der Waals surface area contributed by atoms with Crippen LogP contribution in [0.4, 0.5) is 23.4 Å². The maximum absolute atomic E-state index is 13.7. The minimum atomic E-state index is -2.94. The number of rotatable bonds is 5. The molecule has 0 atom stereocenters. The Balaban J connectivity index is 1.10. The number of anilines is 1. The van der Waals surface area contributed by atoms with E-state index in [0.717, 1.165) is 61.2 Å². The van der Waals surface area contributed by atoms with E-state index in [1.807, 2.05) is 23.1 Å². The van der Waals surface area contributed by atoms with Gasteiger partial charge in [-0.05, 0) is 67.5 Å². The van der Waals surface area contributed by atoms with Crippen molar-refractivity contribution in [2.24, 2.45) is 11.3 Å². The maximum atomic E-state index is 13.7. The SMILES string of the molecule is FCC1CC(N2Cc3cc(Cl)ccc3-n3c(nnc3C3CC4(C3)CN(c3ccc(F)c(C(F)F)n3)C4)C2)C1. The topological polar surface area (TPSA) is 50.1 Å². The third-order valence-corrected chi connectivity index (χ3v) is 9.10. The molecule has 0 unspecified atom stereocenters. The van der Waals surface area contributed by atoms with E-state index in [4.69, 9.17) is 11.6 Å². The zero-order chi connectivity index (χ0) is 26.2. The molecule has 1 spiro atoms. The number of nitrogens with zero attached hydrogens (tertiary/aromatic N) is 6. The lowest BCUT2D eigenvalue weighted by molar-refractivity contribution is 0.0520. The van der Waals surface area contributed by atoms with Gasteiger partial charge in [0.05, 0.1) is 18.9 Å². The van der Waals surface area contributed by atoms with Crippen LogP contribution < -0.4 is 4.90 Å². The fourth-order valence-corrected chi connectivity index (χ4v) is 7.02. The van der Waals surface area contributed by atoms with Crippen LogP contribution in [0.15, 0.2) is 30.3 Å². The third-order valence-electron chi connectivity index (χ3n) is 8.87. The minimum absolute atomic E-state index is 0.0744. The van der Waals surface area contributed by atoms with E-state index in [2.05, 4.69) is 24.6 Å². The summed E-state index contributed by atoms with van der Waals surface area (Å²) in [5, 5.41) is 9.91. The molecule has 7 rings (SSSR count). The monoisotopic (exact) mass is 546 g/mol. The van der Waals surface area contributed by atoms with Gasteiger partial charge < -0.3 is 4.90 Å². The van der Waals surface area contributed by atoms with Crippen LogP contribution in [0.3, 0.4) is 0 Å². The molecule has 3 aromatic rings. The summed E-state index contributed by atoms with van der Waals surface area (Å²) in [7, 11) is 0. The molecule has 2 saturated carbocycles. The Morgan fingerprint density at radius 2 is 1.84 bits per heavy atom. The molecule has 0 N–H and O–H groups in total. The molecular weight excluding hydrogens is 520 g/mol. The first-order chi connectivity index (χ1) is 18.3. The van der Waals surface area contributed by atoms with Crippen molar-refractivity contribution >= 4 is 17.4 Å². The highest BCUT2D eigenvalue weighted by atomic mass is 35.5. The van der Waals surface area contributed by atoms with E-state index >= 15 is 0 Å². The summed E-state index contributed by atoms with van der Waals surface area (Å²) < 4.78 is 55.1. The summed E-state index contributed by atoms with van der Waals surface area (Å²) in [6.45, 7) is 2.51. The van der Waals surface area contributed by atoms with Crippen LogP contribution in [-0.4, -0.2) is 50.5 Å². The van der Waals surface area contributed by atoms with Crippen LogP contribution in [0.2, 0.25) is 5.02 Å². The van der Waals surface area contributed by atoms with E-state index in [0.29, 0.717) is 36.5 Å². The van der Waals surface area contributed by atoms with Gasteiger partial charge >= 0.3 is 0 Å². The number of hydrogen-bond acceptors (Lipinski definition) is 5. The normalized spacial score (nSPS) is 24.4. The van der Waals surface area contributed by atoms with Gasteiger partial charge in [-0.25, -0.2) is 18.2 Å². The van der Waals surface area contributed by atoms with E-state index in [-0.39, 0.29) is 23.9 Å². The van der Waals surface area contributed by atoms with Gasteiger partial charge in [-0.1, -0.05) is 11.6 Å². The van der Waals surface area contributed by atoms with E-state index in [1.165, 1.54) is 6.07 Å². The van der Waals surface area contributed by atoms with Gasteiger partial charge in [-0.15, -0.1) is 10.2 Å². The lowest BCUT2D eigenvalue weighted by atomic mass is 9.57. The zero-order valence-corrected chi connectivity index (χ0v) is 21.4. The van der Waals surface area contributed by atoms with Gasteiger partial charge in [0, 0.05) is 42.0 Å². The first-order valence-electron chi connectivity index (χ1n) is 13.0. The quantitative estimate of drug-likeness (QED) is 0.376. The molecule has 2 aliphatic heterocycles. The summed E-state index contributed by atoms with van der Waals surface area (Å²) in [6.07, 6.45) is 0.605. The van der Waals surface area contributed by atoms with Crippen LogP contribution in [0, 0.1) is 17.2 Å². The largest absolute Gasteiger partial charge is 0.355 e. The van der Waals surface area contributed by atoms with Crippen molar-refractivity contribution in [2.45, 2.75) is 57.2 Å². The average molecular weight is 547 g/mol. The van der Waals surface area contributed by atoms with Crippen molar-refractivity contribution in [3.8, 4) is 5.69 Å². The van der Waals surface area contributed by atoms with Gasteiger partial charge in [0.2, 0.25) is 0 Å².